The zero-order valence-electron chi connectivity index (χ0n) is 12.8. The Morgan fingerprint density at radius 1 is 1.40 bits per heavy atom. The van der Waals surface area contributed by atoms with Gasteiger partial charge in [-0.15, -0.1) is 0 Å². The van der Waals surface area contributed by atoms with Crippen LogP contribution in [0.1, 0.15) is 33.3 Å². The number of rotatable bonds is 4. The van der Waals surface area contributed by atoms with E-state index in [1.165, 1.54) is 0 Å². The summed E-state index contributed by atoms with van der Waals surface area (Å²) in [7, 11) is 0. The standard InChI is InChI=1S/C16H25FN2O/c1-11(2)18-8-14-6-5-7-15(17)16(14)19-9-13(4)20-10-12(19)3/h5-7,11-13,18H,8-10H2,1-4H3. The molecule has 0 aromatic heterocycles. The summed E-state index contributed by atoms with van der Waals surface area (Å²) in [5.74, 6) is -0.144. The molecule has 3 nitrogen and oxygen atoms in total. The van der Waals surface area contributed by atoms with Gasteiger partial charge in [-0.05, 0) is 25.5 Å². The summed E-state index contributed by atoms with van der Waals surface area (Å²) in [4.78, 5) is 2.14. The zero-order valence-corrected chi connectivity index (χ0v) is 12.8. The first-order valence-electron chi connectivity index (χ1n) is 7.38. The molecule has 1 aromatic carbocycles. The van der Waals surface area contributed by atoms with Gasteiger partial charge in [0.15, 0.2) is 0 Å². The van der Waals surface area contributed by atoms with E-state index in [0.29, 0.717) is 19.2 Å². The Morgan fingerprint density at radius 2 is 2.15 bits per heavy atom. The highest BCUT2D eigenvalue weighted by molar-refractivity contribution is 5.56. The van der Waals surface area contributed by atoms with Crippen molar-refractivity contribution >= 4 is 5.69 Å². The van der Waals surface area contributed by atoms with Crippen LogP contribution in [-0.2, 0) is 11.3 Å². The molecule has 2 rings (SSSR count). The Kier molecular flexibility index (Phi) is 5.00. The van der Waals surface area contributed by atoms with Crippen LogP contribution in [0, 0.1) is 5.82 Å². The van der Waals surface area contributed by atoms with Crippen molar-refractivity contribution in [1.29, 1.82) is 0 Å². The average Bonchev–Trinajstić information content (AvgIpc) is 2.39. The van der Waals surface area contributed by atoms with E-state index in [1.54, 1.807) is 12.1 Å². The molecule has 0 saturated carbocycles. The van der Waals surface area contributed by atoms with E-state index in [9.17, 15) is 4.39 Å². The van der Waals surface area contributed by atoms with Gasteiger partial charge in [0.1, 0.15) is 5.82 Å². The predicted molar refractivity (Wildman–Crippen MR) is 80.6 cm³/mol. The molecule has 20 heavy (non-hydrogen) atoms. The molecule has 0 spiro atoms. The number of morpholine rings is 1. The minimum atomic E-state index is -0.144. The maximum absolute atomic E-state index is 14.3. The number of anilines is 1. The normalized spacial score (nSPS) is 23.4. The quantitative estimate of drug-likeness (QED) is 0.917. The van der Waals surface area contributed by atoms with Crippen LogP contribution in [0.2, 0.25) is 0 Å². The predicted octanol–water partition coefficient (Wildman–Crippen LogP) is 2.94. The molecule has 1 N–H and O–H groups in total. The molecule has 1 aliphatic heterocycles. The fraction of sp³-hybridized carbons (Fsp3) is 0.625. The molecular weight excluding hydrogens is 255 g/mol. The van der Waals surface area contributed by atoms with E-state index in [-0.39, 0.29) is 18.0 Å². The van der Waals surface area contributed by atoms with Gasteiger partial charge in [0.05, 0.1) is 18.4 Å². The van der Waals surface area contributed by atoms with Crippen molar-refractivity contribution in [2.75, 3.05) is 18.1 Å². The minimum Gasteiger partial charge on any atom is -0.375 e. The lowest BCUT2D eigenvalue weighted by molar-refractivity contribution is 0.0340. The SMILES string of the molecule is CC(C)NCc1cccc(F)c1N1CC(C)OCC1C. The van der Waals surface area contributed by atoms with E-state index in [2.05, 4.69) is 31.0 Å². The summed E-state index contributed by atoms with van der Waals surface area (Å²) in [5.41, 5.74) is 1.74. The van der Waals surface area contributed by atoms with E-state index in [1.807, 2.05) is 13.0 Å². The second kappa shape index (κ2) is 6.55. The summed E-state index contributed by atoms with van der Waals surface area (Å²) in [6, 6.07) is 5.90. The zero-order chi connectivity index (χ0) is 14.7. The van der Waals surface area contributed by atoms with E-state index >= 15 is 0 Å². The van der Waals surface area contributed by atoms with Gasteiger partial charge in [-0.3, -0.25) is 0 Å². The molecule has 112 valence electrons. The van der Waals surface area contributed by atoms with Crippen molar-refractivity contribution in [1.82, 2.24) is 5.32 Å². The minimum absolute atomic E-state index is 0.136. The fourth-order valence-electron chi connectivity index (χ4n) is 2.55. The number of ether oxygens (including phenoxy) is 1. The van der Waals surface area contributed by atoms with Crippen LogP contribution in [0.15, 0.2) is 18.2 Å². The Morgan fingerprint density at radius 3 is 2.85 bits per heavy atom. The highest BCUT2D eigenvalue weighted by atomic mass is 19.1. The van der Waals surface area contributed by atoms with E-state index in [0.717, 1.165) is 17.8 Å². The molecule has 0 radical (unpaired) electrons. The van der Waals surface area contributed by atoms with Crippen molar-refractivity contribution in [3.8, 4) is 0 Å². The highest BCUT2D eigenvalue weighted by Crippen LogP contribution is 2.29. The average molecular weight is 280 g/mol. The van der Waals surface area contributed by atoms with Gasteiger partial charge < -0.3 is 15.0 Å². The third-order valence-corrected chi connectivity index (χ3v) is 3.67. The third kappa shape index (κ3) is 3.49. The van der Waals surface area contributed by atoms with Crippen LogP contribution < -0.4 is 10.2 Å². The smallest absolute Gasteiger partial charge is 0.146 e. The number of halogens is 1. The second-order valence-electron chi connectivity index (χ2n) is 5.93. The van der Waals surface area contributed by atoms with Gasteiger partial charge in [-0.2, -0.15) is 0 Å². The molecule has 1 saturated heterocycles. The van der Waals surface area contributed by atoms with Crippen molar-refractivity contribution in [2.45, 2.75) is 52.4 Å². The lowest BCUT2D eigenvalue weighted by atomic mass is 10.1. The molecule has 1 aromatic rings. The summed E-state index contributed by atoms with van der Waals surface area (Å²) in [6.45, 7) is 10.4. The Labute approximate surface area is 121 Å². The Bertz CT molecular complexity index is 450. The number of nitrogens with one attached hydrogen (secondary N) is 1. The number of para-hydroxylation sites is 1. The number of hydrogen-bond acceptors (Lipinski definition) is 3. The maximum Gasteiger partial charge on any atom is 0.146 e. The number of benzene rings is 1. The molecule has 1 aliphatic rings. The molecule has 4 heteroatoms. The van der Waals surface area contributed by atoms with Crippen LogP contribution >= 0.6 is 0 Å². The first-order chi connectivity index (χ1) is 9.49. The summed E-state index contributed by atoms with van der Waals surface area (Å²) in [5, 5.41) is 3.37. The summed E-state index contributed by atoms with van der Waals surface area (Å²) >= 11 is 0. The lowest BCUT2D eigenvalue weighted by Gasteiger charge is -2.39. The molecule has 0 aliphatic carbocycles. The lowest BCUT2D eigenvalue weighted by Crippen LogP contribution is -2.48. The first-order valence-corrected chi connectivity index (χ1v) is 7.38. The molecule has 2 unspecified atom stereocenters. The molecule has 0 amide bonds. The van der Waals surface area contributed by atoms with Crippen molar-refractivity contribution in [2.24, 2.45) is 0 Å². The van der Waals surface area contributed by atoms with Crippen LogP contribution in [0.25, 0.3) is 0 Å². The van der Waals surface area contributed by atoms with Crippen molar-refractivity contribution in [3.63, 3.8) is 0 Å². The van der Waals surface area contributed by atoms with Gasteiger partial charge in [-0.1, -0.05) is 26.0 Å². The molecule has 2 atom stereocenters. The molecule has 0 bridgehead atoms. The largest absolute Gasteiger partial charge is 0.375 e. The summed E-state index contributed by atoms with van der Waals surface area (Å²) < 4.78 is 20.0. The van der Waals surface area contributed by atoms with Gasteiger partial charge in [-0.25, -0.2) is 4.39 Å². The van der Waals surface area contributed by atoms with Gasteiger partial charge in [0.25, 0.3) is 0 Å². The Hall–Kier alpha value is -1.13. The van der Waals surface area contributed by atoms with Crippen LogP contribution in [-0.4, -0.2) is 31.3 Å². The first kappa shape index (κ1) is 15.3. The van der Waals surface area contributed by atoms with Gasteiger partial charge >= 0.3 is 0 Å². The summed E-state index contributed by atoms with van der Waals surface area (Å²) in [6.07, 6.45) is 0.136. The van der Waals surface area contributed by atoms with Crippen molar-refractivity contribution < 1.29 is 9.13 Å². The van der Waals surface area contributed by atoms with Crippen LogP contribution in [0.5, 0.6) is 0 Å². The van der Waals surface area contributed by atoms with Crippen molar-refractivity contribution in [3.05, 3.63) is 29.6 Å². The third-order valence-electron chi connectivity index (χ3n) is 3.67. The monoisotopic (exact) mass is 280 g/mol. The van der Waals surface area contributed by atoms with E-state index in [4.69, 9.17) is 4.74 Å². The van der Waals surface area contributed by atoms with Crippen LogP contribution in [0.4, 0.5) is 10.1 Å². The topological polar surface area (TPSA) is 24.5 Å². The van der Waals surface area contributed by atoms with Crippen LogP contribution in [0.3, 0.4) is 0 Å². The second-order valence-corrected chi connectivity index (χ2v) is 5.93. The fourth-order valence-corrected chi connectivity index (χ4v) is 2.55. The van der Waals surface area contributed by atoms with E-state index < -0.39 is 0 Å². The number of hydrogen-bond donors (Lipinski definition) is 1. The Balaban J connectivity index is 2.28. The molecule has 1 heterocycles. The molecule has 1 fully saturated rings. The van der Waals surface area contributed by atoms with Gasteiger partial charge in [0, 0.05) is 25.2 Å². The van der Waals surface area contributed by atoms with Gasteiger partial charge in [0.2, 0.25) is 0 Å². The molecular formula is C16H25FN2O. The highest BCUT2D eigenvalue weighted by Gasteiger charge is 2.27. The number of nitrogens with zero attached hydrogens (tertiary/aromatic N) is 1. The maximum atomic E-state index is 14.3.